The van der Waals surface area contributed by atoms with Crippen molar-refractivity contribution < 1.29 is 4.79 Å². The van der Waals surface area contributed by atoms with Crippen molar-refractivity contribution in [3.05, 3.63) is 35.9 Å². The minimum atomic E-state index is -0.485. The molecule has 1 aromatic rings. The van der Waals surface area contributed by atoms with Crippen LogP contribution in [0.25, 0.3) is 0 Å². The molecule has 0 bridgehead atoms. The monoisotopic (exact) mass is 501 g/mol. The Morgan fingerprint density at radius 2 is 1.86 bits per heavy atom. The van der Waals surface area contributed by atoms with Gasteiger partial charge in [-0.1, -0.05) is 30.3 Å². The topological polar surface area (TPSA) is 68.8 Å². The van der Waals surface area contributed by atoms with Crippen molar-refractivity contribution in [3.63, 3.8) is 0 Å². The standard InChI is InChI=1S/C21H35N5O.HI/c1-16(17-9-7-6-8-10-17)26-13-11-18(12-14-26)25-20(23-5)24-15-21(2,3)19(27)22-4;/h6-10,16,18H,11-15H2,1-5H3,(H,22,27)(H2,23,24,25);1H. The number of carbonyl (C=O) groups is 1. The zero-order valence-electron chi connectivity index (χ0n) is 17.8. The van der Waals surface area contributed by atoms with E-state index in [0.717, 1.165) is 31.9 Å². The van der Waals surface area contributed by atoms with Crippen molar-refractivity contribution >= 4 is 35.8 Å². The van der Waals surface area contributed by atoms with E-state index in [2.05, 4.69) is 63.1 Å². The van der Waals surface area contributed by atoms with Crippen LogP contribution in [0.1, 0.15) is 45.2 Å². The molecule has 3 N–H and O–H groups in total. The number of benzene rings is 1. The van der Waals surface area contributed by atoms with Crippen molar-refractivity contribution in [2.24, 2.45) is 10.4 Å². The molecule has 0 saturated carbocycles. The summed E-state index contributed by atoms with van der Waals surface area (Å²) in [6, 6.07) is 11.5. The molecule has 6 nitrogen and oxygen atoms in total. The molecule has 28 heavy (non-hydrogen) atoms. The molecular weight excluding hydrogens is 465 g/mol. The molecule has 1 saturated heterocycles. The van der Waals surface area contributed by atoms with Crippen molar-refractivity contribution in [1.29, 1.82) is 0 Å². The van der Waals surface area contributed by atoms with E-state index >= 15 is 0 Å². The molecule has 0 aromatic heterocycles. The van der Waals surface area contributed by atoms with Crippen LogP contribution in [0.2, 0.25) is 0 Å². The predicted molar refractivity (Wildman–Crippen MR) is 127 cm³/mol. The molecule has 158 valence electrons. The minimum absolute atomic E-state index is 0. The Hall–Kier alpha value is -1.35. The summed E-state index contributed by atoms with van der Waals surface area (Å²) in [6.45, 7) is 8.80. The van der Waals surface area contributed by atoms with E-state index in [9.17, 15) is 4.79 Å². The van der Waals surface area contributed by atoms with Gasteiger partial charge < -0.3 is 16.0 Å². The quantitative estimate of drug-likeness (QED) is 0.319. The molecule has 1 aliphatic rings. The lowest BCUT2D eigenvalue weighted by Crippen LogP contribution is -2.51. The molecule has 1 atom stereocenters. The summed E-state index contributed by atoms with van der Waals surface area (Å²) in [5.41, 5.74) is 0.888. The first-order chi connectivity index (χ1) is 12.9. The largest absolute Gasteiger partial charge is 0.359 e. The molecular formula is C21H36IN5O. The summed E-state index contributed by atoms with van der Waals surface area (Å²) < 4.78 is 0. The van der Waals surface area contributed by atoms with Crippen molar-refractivity contribution in [2.45, 2.75) is 45.7 Å². The maximum atomic E-state index is 11.9. The van der Waals surface area contributed by atoms with Crippen LogP contribution in [0.5, 0.6) is 0 Å². The molecule has 1 fully saturated rings. The molecule has 1 heterocycles. The van der Waals surface area contributed by atoms with E-state index in [1.807, 2.05) is 13.8 Å². The molecule has 1 aromatic carbocycles. The highest BCUT2D eigenvalue weighted by Gasteiger charge is 2.28. The summed E-state index contributed by atoms with van der Waals surface area (Å²) in [6.07, 6.45) is 2.16. The number of carbonyl (C=O) groups excluding carboxylic acids is 1. The van der Waals surface area contributed by atoms with Gasteiger partial charge in [0.1, 0.15) is 0 Å². The van der Waals surface area contributed by atoms with Crippen molar-refractivity contribution in [2.75, 3.05) is 33.7 Å². The van der Waals surface area contributed by atoms with Crippen LogP contribution in [-0.2, 0) is 4.79 Å². The second-order valence-electron chi connectivity index (χ2n) is 7.93. The summed E-state index contributed by atoms with van der Waals surface area (Å²) in [5.74, 6) is 0.787. The molecule has 7 heteroatoms. The van der Waals surface area contributed by atoms with Crippen LogP contribution in [0.4, 0.5) is 0 Å². The smallest absolute Gasteiger partial charge is 0.227 e. The third kappa shape index (κ3) is 6.92. The maximum absolute atomic E-state index is 11.9. The van der Waals surface area contributed by atoms with Crippen LogP contribution in [0.15, 0.2) is 35.3 Å². The van der Waals surface area contributed by atoms with E-state index < -0.39 is 5.41 Å². The summed E-state index contributed by atoms with van der Waals surface area (Å²) in [5, 5.41) is 9.52. The number of halogens is 1. The van der Waals surface area contributed by atoms with Crippen LogP contribution >= 0.6 is 24.0 Å². The predicted octanol–water partition coefficient (Wildman–Crippen LogP) is 2.77. The summed E-state index contributed by atoms with van der Waals surface area (Å²) in [4.78, 5) is 18.8. The van der Waals surface area contributed by atoms with Crippen LogP contribution in [0, 0.1) is 5.41 Å². The van der Waals surface area contributed by atoms with Crippen LogP contribution < -0.4 is 16.0 Å². The number of guanidine groups is 1. The second kappa shape index (κ2) is 11.6. The first kappa shape index (κ1) is 24.7. The molecule has 0 spiro atoms. The van der Waals surface area contributed by atoms with Gasteiger partial charge in [0.05, 0.1) is 5.41 Å². The van der Waals surface area contributed by atoms with Gasteiger partial charge >= 0.3 is 0 Å². The van der Waals surface area contributed by atoms with E-state index in [1.165, 1.54) is 5.56 Å². The Bertz CT molecular complexity index is 627. The average Bonchev–Trinajstić information content (AvgIpc) is 2.71. The lowest BCUT2D eigenvalue weighted by atomic mass is 9.92. The lowest BCUT2D eigenvalue weighted by Gasteiger charge is -2.37. The minimum Gasteiger partial charge on any atom is -0.359 e. The summed E-state index contributed by atoms with van der Waals surface area (Å²) >= 11 is 0. The maximum Gasteiger partial charge on any atom is 0.227 e. The van der Waals surface area contributed by atoms with Gasteiger partial charge in [0.15, 0.2) is 5.96 Å². The Labute approximate surface area is 187 Å². The van der Waals surface area contributed by atoms with Gasteiger partial charge in [0.25, 0.3) is 0 Å². The number of nitrogens with zero attached hydrogens (tertiary/aromatic N) is 2. The normalized spacial score (nSPS) is 17.4. The number of hydrogen-bond donors (Lipinski definition) is 3. The SMILES string of the molecule is CN=C(NCC(C)(C)C(=O)NC)NC1CCN(C(C)c2ccccc2)CC1.I. The fraction of sp³-hybridized carbons (Fsp3) is 0.619. The number of aliphatic imine (C=N–C) groups is 1. The third-order valence-corrected chi connectivity index (χ3v) is 5.46. The molecule has 1 amide bonds. The number of hydrogen-bond acceptors (Lipinski definition) is 3. The van der Waals surface area contributed by atoms with Gasteiger partial charge in [-0.2, -0.15) is 0 Å². The van der Waals surface area contributed by atoms with Gasteiger partial charge in [0, 0.05) is 45.8 Å². The number of piperidine rings is 1. The first-order valence-electron chi connectivity index (χ1n) is 9.85. The zero-order valence-corrected chi connectivity index (χ0v) is 20.1. The highest BCUT2D eigenvalue weighted by molar-refractivity contribution is 14.0. The van der Waals surface area contributed by atoms with Crippen LogP contribution in [-0.4, -0.2) is 56.5 Å². The number of likely N-dealkylation sites (tertiary alicyclic amines) is 1. The Balaban J connectivity index is 0.00000392. The van der Waals surface area contributed by atoms with Crippen molar-refractivity contribution in [1.82, 2.24) is 20.9 Å². The van der Waals surface area contributed by atoms with E-state index in [-0.39, 0.29) is 29.9 Å². The number of nitrogens with one attached hydrogen (secondary N) is 3. The molecule has 2 rings (SSSR count). The van der Waals surface area contributed by atoms with E-state index in [0.29, 0.717) is 18.6 Å². The molecule has 0 radical (unpaired) electrons. The lowest BCUT2D eigenvalue weighted by molar-refractivity contribution is -0.128. The average molecular weight is 501 g/mol. The second-order valence-corrected chi connectivity index (χ2v) is 7.93. The third-order valence-electron chi connectivity index (χ3n) is 5.46. The van der Waals surface area contributed by atoms with E-state index in [1.54, 1.807) is 14.1 Å². The van der Waals surface area contributed by atoms with Gasteiger partial charge in [-0.3, -0.25) is 14.7 Å². The van der Waals surface area contributed by atoms with Gasteiger partial charge in [-0.05, 0) is 39.2 Å². The fourth-order valence-electron chi connectivity index (χ4n) is 3.48. The van der Waals surface area contributed by atoms with Gasteiger partial charge in [0.2, 0.25) is 5.91 Å². The number of rotatable bonds is 6. The zero-order chi connectivity index (χ0) is 19.9. The molecule has 0 aliphatic carbocycles. The van der Waals surface area contributed by atoms with Gasteiger partial charge in [-0.25, -0.2) is 0 Å². The highest BCUT2D eigenvalue weighted by atomic mass is 127. The molecule has 1 unspecified atom stereocenters. The van der Waals surface area contributed by atoms with Crippen molar-refractivity contribution in [3.8, 4) is 0 Å². The number of amides is 1. The first-order valence-corrected chi connectivity index (χ1v) is 9.85. The van der Waals surface area contributed by atoms with E-state index in [4.69, 9.17) is 0 Å². The Kier molecular flexibility index (Phi) is 10.2. The Morgan fingerprint density at radius 1 is 1.25 bits per heavy atom. The molecule has 1 aliphatic heterocycles. The van der Waals surface area contributed by atoms with Crippen LogP contribution in [0.3, 0.4) is 0 Å². The summed E-state index contributed by atoms with van der Waals surface area (Å²) in [7, 11) is 3.44. The Morgan fingerprint density at radius 3 is 2.39 bits per heavy atom. The fourth-order valence-corrected chi connectivity index (χ4v) is 3.48. The van der Waals surface area contributed by atoms with Gasteiger partial charge in [-0.15, -0.1) is 24.0 Å². The highest BCUT2D eigenvalue weighted by Crippen LogP contribution is 2.24.